The van der Waals surface area contributed by atoms with Gasteiger partial charge in [-0.2, -0.15) is 0 Å². The standard InChI is InChI=1S/C22H16ClN3O4S/c23-14-3-1-13(2-4-14)20-24-18-9-10-26(21(27)19(18)31-20)15-5-7-16(8-6-15)30-17-11-25(12-17)22(28)29/h1-10,17H,11-12H2,(H,28,29). The lowest BCUT2D eigenvalue weighted by atomic mass is 10.2. The van der Waals surface area contributed by atoms with Crippen LogP contribution in [0.3, 0.4) is 0 Å². The summed E-state index contributed by atoms with van der Waals surface area (Å²) < 4.78 is 7.93. The Bertz CT molecular complexity index is 1330. The van der Waals surface area contributed by atoms with Crippen molar-refractivity contribution in [2.75, 3.05) is 13.1 Å². The number of amides is 1. The first-order valence-corrected chi connectivity index (χ1v) is 10.7. The number of likely N-dealkylation sites (tertiary alicyclic amines) is 1. The number of fused-ring (bicyclic) bond motifs is 1. The van der Waals surface area contributed by atoms with Gasteiger partial charge in [-0.1, -0.05) is 23.7 Å². The molecule has 3 heterocycles. The summed E-state index contributed by atoms with van der Waals surface area (Å²) in [4.78, 5) is 29.8. The van der Waals surface area contributed by atoms with Crippen molar-refractivity contribution in [2.24, 2.45) is 0 Å². The van der Waals surface area contributed by atoms with Crippen LogP contribution >= 0.6 is 22.9 Å². The van der Waals surface area contributed by atoms with Crippen molar-refractivity contribution in [3.63, 3.8) is 0 Å². The fourth-order valence-corrected chi connectivity index (χ4v) is 4.51. The fourth-order valence-electron chi connectivity index (χ4n) is 3.39. The van der Waals surface area contributed by atoms with E-state index in [0.29, 0.717) is 39.8 Å². The third-order valence-corrected chi connectivity index (χ3v) is 6.44. The van der Waals surface area contributed by atoms with Crippen molar-refractivity contribution >= 4 is 39.2 Å². The first kappa shape index (κ1) is 19.6. The SMILES string of the molecule is O=C(O)N1CC(Oc2ccc(-n3ccc4nc(-c5ccc(Cl)cc5)sc4c3=O)cc2)C1. The Morgan fingerprint density at radius 2 is 1.81 bits per heavy atom. The molecule has 4 aromatic rings. The van der Waals surface area contributed by atoms with Crippen molar-refractivity contribution in [1.82, 2.24) is 14.5 Å². The second kappa shape index (κ2) is 7.72. The minimum Gasteiger partial charge on any atom is -0.487 e. The molecule has 9 heteroatoms. The molecule has 1 aliphatic rings. The molecule has 0 aliphatic carbocycles. The average Bonchev–Trinajstić information content (AvgIpc) is 3.17. The number of halogens is 1. The van der Waals surface area contributed by atoms with E-state index in [1.54, 1.807) is 47.2 Å². The average molecular weight is 454 g/mol. The summed E-state index contributed by atoms with van der Waals surface area (Å²) in [5.74, 6) is 0.635. The Kier molecular flexibility index (Phi) is 4.88. The lowest BCUT2D eigenvalue weighted by Gasteiger charge is -2.36. The molecule has 31 heavy (non-hydrogen) atoms. The van der Waals surface area contributed by atoms with Crippen LogP contribution in [0.15, 0.2) is 65.6 Å². The van der Waals surface area contributed by atoms with Gasteiger partial charge in [-0.15, -0.1) is 11.3 Å². The van der Waals surface area contributed by atoms with Crippen LogP contribution in [0.2, 0.25) is 5.02 Å². The quantitative estimate of drug-likeness (QED) is 0.491. The van der Waals surface area contributed by atoms with Gasteiger partial charge in [-0.3, -0.25) is 9.36 Å². The van der Waals surface area contributed by atoms with E-state index in [0.717, 1.165) is 10.6 Å². The number of pyridine rings is 1. The third kappa shape index (κ3) is 3.75. The lowest BCUT2D eigenvalue weighted by Crippen LogP contribution is -2.55. The summed E-state index contributed by atoms with van der Waals surface area (Å²) in [5, 5.41) is 10.3. The summed E-state index contributed by atoms with van der Waals surface area (Å²) in [6, 6.07) is 16.4. The minimum atomic E-state index is -0.938. The van der Waals surface area contributed by atoms with Gasteiger partial charge < -0.3 is 14.7 Å². The van der Waals surface area contributed by atoms with Gasteiger partial charge in [-0.25, -0.2) is 9.78 Å². The van der Waals surface area contributed by atoms with E-state index in [1.807, 2.05) is 18.2 Å². The van der Waals surface area contributed by atoms with Crippen molar-refractivity contribution in [2.45, 2.75) is 6.10 Å². The number of ether oxygens (including phenoxy) is 1. The van der Waals surface area contributed by atoms with E-state index in [9.17, 15) is 9.59 Å². The zero-order valence-electron chi connectivity index (χ0n) is 16.1. The van der Waals surface area contributed by atoms with Crippen molar-refractivity contribution in [3.05, 3.63) is 76.2 Å². The largest absolute Gasteiger partial charge is 0.487 e. The van der Waals surface area contributed by atoms with Crippen LogP contribution < -0.4 is 10.3 Å². The van der Waals surface area contributed by atoms with E-state index in [1.165, 1.54) is 16.2 Å². The first-order chi connectivity index (χ1) is 15.0. The highest BCUT2D eigenvalue weighted by atomic mass is 35.5. The van der Waals surface area contributed by atoms with Crippen LogP contribution in [-0.2, 0) is 0 Å². The van der Waals surface area contributed by atoms with Gasteiger partial charge >= 0.3 is 6.09 Å². The second-order valence-corrected chi connectivity index (χ2v) is 8.59. The number of thiazole rings is 1. The molecule has 1 fully saturated rings. The summed E-state index contributed by atoms with van der Waals surface area (Å²) in [5.41, 5.74) is 2.14. The van der Waals surface area contributed by atoms with E-state index < -0.39 is 6.09 Å². The molecule has 5 rings (SSSR count). The Balaban J connectivity index is 1.38. The summed E-state index contributed by atoms with van der Waals surface area (Å²) in [6.07, 6.45) is 0.625. The molecule has 1 saturated heterocycles. The molecule has 2 aromatic heterocycles. The molecule has 1 amide bonds. The van der Waals surface area contributed by atoms with Crippen LogP contribution in [0.25, 0.3) is 26.5 Å². The van der Waals surface area contributed by atoms with Gasteiger partial charge in [0.15, 0.2) is 0 Å². The number of nitrogens with zero attached hydrogens (tertiary/aromatic N) is 3. The highest BCUT2D eigenvalue weighted by molar-refractivity contribution is 7.21. The van der Waals surface area contributed by atoms with Crippen molar-refractivity contribution in [3.8, 4) is 22.0 Å². The smallest absolute Gasteiger partial charge is 0.407 e. The minimum absolute atomic E-state index is 0.139. The predicted molar refractivity (Wildman–Crippen MR) is 120 cm³/mol. The van der Waals surface area contributed by atoms with Crippen LogP contribution in [0, 0.1) is 0 Å². The number of carboxylic acid groups (broad SMARTS) is 1. The molecule has 0 radical (unpaired) electrons. The molecule has 0 spiro atoms. The normalized spacial score (nSPS) is 13.9. The third-order valence-electron chi connectivity index (χ3n) is 5.08. The highest BCUT2D eigenvalue weighted by Crippen LogP contribution is 2.29. The van der Waals surface area contributed by atoms with Gasteiger partial charge in [0, 0.05) is 22.5 Å². The summed E-state index contributed by atoms with van der Waals surface area (Å²) in [6.45, 7) is 0.711. The lowest BCUT2D eigenvalue weighted by molar-refractivity contribution is 0.0252. The maximum Gasteiger partial charge on any atom is 0.407 e. The Morgan fingerprint density at radius 1 is 1.10 bits per heavy atom. The van der Waals surface area contributed by atoms with Gasteiger partial charge in [0.2, 0.25) is 0 Å². The Labute approximate surface area is 185 Å². The molecule has 0 saturated carbocycles. The molecule has 7 nitrogen and oxygen atoms in total. The monoisotopic (exact) mass is 453 g/mol. The molecule has 1 N–H and O–H groups in total. The number of hydrogen-bond donors (Lipinski definition) is 1. The van der Waals surface area contributed by atoms with E-state index in [4.69, 9.17) is 21.4 Å². The van der Waals surface area contributed by atoms with Crippen LogP contribution in [-0.4, -0.2) is 44.8 Å². The van der Waals surface area contributed by atoms with Gasteiger partial charge in [0.05, 0.1) is 18.6 Å². The number of aromatic nitrogens is 2. The molecule has 2 aromatic carbocycles. The highest BCUT2D eigenvalue weighted by Gasteiger charge is 2.32. The van der Waals surface area contributed by atoms with Crippen molar-refractivity contribution in [1.29, 1.82) is 0 Å². The maximum absolute atomic E-state index is 13.1. The number of carbonyl (C=O) groups is 1. The molecular weight excluding hydrogens is 438 g/mol. The molecule has 0 unspecified atom stereocenters. The van der Waals surface area contributed by atoms with E-state index in [-0.39, 0.29) is 11.7 Å². The number of hydrogen-bond acceptors (Lipinski definition) is 5. The Morgan fingerprint density at radius 3 is 2.48 bits per heavy atom. The van der Waals surface area contributed by atoms with Gasteiger partial charge in [-0.05, 0) is 42.5 Å². The molecular formula is C22H16ClN3O4S. The molecule has 0 bridgehead atoms. The zero-order valence-corrected chi connectivity index (χ0v) is 17.6. The molecule has 0 atom stereocenters. The molecule has 156 valence electrons. The predicted octanol–water partition coefficient (Wildman–Crippen LogP) is 4.51. The number of benzene rings is 2. The Hall–Kier alpha value is -3.36. The van der Waals surface area contributed by atoms with Gasteiger partial charge in [0.1, 0.15) is 21.6 Å². The van der Waals surface area contributed by atoms with Crippen LogP contribution in [0.5, 0.6) is 5.75 Å². The van der Waals surface area contributed by atoms with E-state index >= 15 is 0 Å². The van der Waals surface area contributed by atoms with E-state index in [2.05, 4.69) is 4.98 Å². The summed E-state index contributed by atoms with van der Waals surface area (Å²) >= 11 is 7.31. The summed E-state index contributed by atoms with van der Waals surface area (Å²) in [7, 11) is 0. The van der Waals surface area contributed by atoms with Crippen molar-refractivity contribution < 1.29 is 14.6 Å². The molecule has 1 aliphatic heterocycles. The fraction of sp³-hybridized carbons (Fsp3) is 0.136. The second-order valence-electron chi connectivity index (χ2n) is 7.15. The number of rotatable bonds is 4. The van der Waals surface area contributed by atoms with Gasteiger partial charge in [0.25, 0.3) is 5.56 Å². The topological polar surface area (TPSA) is 84.7 Å². The zero-order chi connectivity index (χ0) is 21.5. The maximum atomic E-state index is 13.1. The van der Waals surface area contributed by atoms with Crippen LogP contribution in [0.1, 0.15) is 0 Å². The van der Waals surface area contributed by atoms with Crippen LogP contribution in [0.4, 0.5) is 4.79 Å². The first-order valence-electron chi connectivity index (χ1n) is 9.51.